The van der Waals surface area contributed by atoms with Crippen LogP contribution in [0.25, 0.3) is 11.0 Å². The van der Waals surface area contributed by atoms with Crippen molar-refractivity contribution in [2.75, 3.05) is 20.3 Å². The predicted octanol–water partition coefficient (Wildman–Crippen LogP) is 3.05. The molecule has 1 N–H and O–H groups in total. The molecule has 24 heavy (non-hydrogen) atoms. The molecule has 1 aromatic heterocycles. The summed E-state index contributed by atoms with van der Waals surface area (Å²) in [7, 11) is 1.65. The fourth-order valence-electron chi connectivity index (χ4n) is 2.76. The molecule has 0 spiro atoms. The number of para-hydroxylation sites is 2. The smallest absolute Gasteiger partial charge is 0.119 e. The molecule has 5 nitrogen and oxygen atoms in total. The van der Waals surface area contributed by atoms with Crippen LogP contribution in [0.4, 0.5) is 0 Å². The highest BCUT2D eigenvalue weighted by atomic mass is 16.5. The van der Waals surface area contributed by atoms with E-state index in [2.05, 4.69) is 9.55 Å². The first kappa shape index (κ1) is 16.3. The second-order valence-corrected chi connectivity index (χ2v) is 5.52. The molecule has 0 aliphatic heterocycles. The lowest BCUT2D eigenvalue weighted by molar-refractivity contribution is 0.274. The fraction of sp³-hybridized carbons (Fsp3) is 0.316. The molecule has 0 aliphatic carbocycles. The van der Waals surface area contributed by atoms with Crippen molar-refractivity contribution in [2.24, 2.45) is 0 Å². The van der Waals surface area contributed by atoms with Crippen molar-refractivity contribution in [3.8, 4) is 11.5 Å². The van der Waals surface area contributed by atoms with Gasteiger partial charge in [-0.15, -0.1) is 0 Å². The van der Waals surface area contributed by atoms with Crippen molar-refractivity contribution < 1.29 is 14.6 Å². The third kappa shape index (κ3) is 3.68. The minimum absolute atomic E-state index is 0.107. The summed E-state index contributed by atoms with van der Waals surface area (Å²) in [6.45, 7) is 1.29. The maximum atomic E-state index is 9.30. The Morgan fingerprint density at radius 1 is 1.04 bits per heavy atom. The van der Waals surface area contributed by atoms with Gasteiger partial charge in [-0.1, -0.05) is 12.1 Å². The molecule has 0 saturated carbocycles. The van der Waals surface area contributed by atoms with Crippen LogP contribution >= 0.6 is 0 Å². The Hall–Kier alpha value is -2.53. The van der Waals surface area contributed by atoms with Gasteiger partial charge in [-0.25, -0.2) is 4.98 Å². The van der Waals surface area contributed by atoms with Crippen LogP contribution in [0.1, 0.15) is 12.2 Å². The topological polar surface area (TPSA) is 56.5 Å². The summed E-state index contributed by atoms with van der Waals surface area (Å²) >= 11 is 0. The molecular weight excluding hydrogens is 304 g/mol. The number of benzene rings is 2. The van der Waals surface area contributed by atoms with Gasteiger partial charge >= 0.3 is 0 Å². The van der Waals surface area contributed by atoms with Gasteiger partial charge in [-0.05, 0) is 42.8 Å². The Labute approximate surface area is 141 Å². The third-order valence-corrected chi connectivity index (χ3v) is 3.93. The van der Waals surface area contributed by atoms with Gasteiger partial charge in [0.2, 0.25) is 0 Å². The summed E-state index contributed by atoms with van der Waals surface area (Å²) in [5.41, 5.74) is 2.04. The van der Waals surface area contributed by atoms with Crippen LogP contribution < -0.4 is 9.47 Å². The molecule has 5 heteroatoms. The largest absolute Gasteiger partial charge is 0.497 e. The summed E-state index contributed by atoms with van der Waals surface area (Å²) in [4.78, 5) is 4.68. The molecule has 0 bridgehead atoms. The Balaban J connectivity index is 1.59. The molecule has 0 aliphatic rings. The standard InChI is InChI=1S/C19H22N2O3/c1-23-15-8-10-16(11-9-15)24-14-4-7-19-20-17-5-2-3-6-18(17)21(19)12-13-22/h2-3,5-6,8-11,22H,4,7,12-14H2,1H3. The minimum Gasteiger partial charge on any atom is -0.497 e. The van der Waals surface area contributed by atoms with E-state index in [1.54, 1.807) is 7.11 Å². The van der Waals surface area contributed by atoms with Crippen LogP contribution in [0, 0.1) is 0 Å². The van der Waals surface area contributed by atoms with E-state index >= 15 is 0 Å². The predicted molar refractivity (Wildman–Crippen MR) is 93.6 cm³/mol. The lowest BCUT2D eigenvalue weighted by atomic mass is 10.3. The molecule has 0 radical (unpaired) electrons. The van der Waals surface area contributed by atoms with Crippen LogP contribution in [0.2, 0.25) is 0 Å². The number of methoxy groups -OCH3 is 1. The molecule has 1 heterocycles. The number of rotatable bonds is 8. The summed E-state index contributed by atoms with van der Waals surface area (Å²) in [5, 5.41) is 9.30. The van der Waals surface area contributed by atoms with Crippen molar-refractivity contribution in [3.05, 3.63) is 54.4 Å². The maximum Gasteiger partial charge on any atom is 0.119 e. The molecule has 3 rings (SSSR count). The maximum absolute atomic E-state index is 9.30. The van der Waals surface area contributed by atoms with Crippen molar-refractivity contribution in [1.29, 1.82) is 0 Å². The summed E-state index contributed by atoms with van der Waals surface area (Å²) in [6.07, 6.45) is 1.67. The Bertz CT molecular complexity index is 781. The fourth-order valence-corrected chi connectivity index (χ4v) is 2.76. The lowest BCUT2D eigenvalue weighted by Gasteiger charge is -2.09. The summed E-state index contributed by atoms with van der Waals surface area (Å²) in [6, 6.07) is 15.6. The highest BCUT2D eigenvalue weighted by molar-refractivity contribution is 5.75. The van der Waals surface area contributed by atoms with Gasteiger partial charge in [-0.2, -0.15) is 0 Å². The number of imidazole rings is 1. The first-order valence-electron chi connectivity index (χ1n) is 8.13. The van der Waals surface area contributed by atoms with E-state index in [0.717, 1.165) is 41.2 Å². The average Bonchev–Trinajstić information content (AvgIpc) is 2.97. The van der Waals surface area contributed by atoms with Gasteiger partial charge in [0.15, 0.2) is 0 Å². The Morgan fingerprint density at radius 3 is 2.54 bits per heavy atom. The van der Waals surface area contributed by atoms with Gasteiger partial charge in [-0.3, -0.25) is 0 Å². The molecular formula is C19H22N2O3. The van der Waals surface area contributed by atoms with Crippen LogP contribution in [0.3, 0.4) is 0 Å². The molecule has 126 valence electrons. The zero-order valence-electron chi connectivity index (χ0n) is 13.8. The van der Waals surface area contributed by atoms with Gasteiger partial charge in [0.1, 0.15) is 17.3 Å². The Kier molecular flexibility index (Phi) is 5.33. The molecule has 0 atom stereocenters. The number of aromatic nitrogens is 2. The van der Waals surface area contributed by atoms with Gasteiger partial charge in [0.05, 0.1) is 31.4 Å². The zero-order valence-corrected chi connectivity index (χ0v) is 13.8. The first-order chi connectivity index (χ1) is 11.8. The van der Waals surface area contributed by atoms with E-state index in [1.807, 2.05) is 48.5 Å². The number of aryl methyl sites for hydroxylation is 1. The van der Waals surface area contributed by atoms with Crippen molar-refractivity contribution in [2.45, 2.75) is 19.4 Å². The number of hydrogen-bond acceptors (Lipinski definition) is 4. The van der Waals surface area contributed by atoms with Crippen LogP contribution in [-0.2, 0) is 13.0 Å². The SMILES string of the molecule is COc1ccc(OCCCc2nc3ccccc3n2CCO)cc1. The number of hydrogen-bond donors (Lipinski definition) is 1. The third-order valence-electron chi connectivity index (χ3n) is 3.93. The van der Waals surface area contributed by atoms with Gasteiger partial charge in [0.25, 0.3) is 0 Å². The quantitative estimate of drug-likeness (QED) is 0.647. The van der Waals surface area contributed by atoms with E-state index in [-0.39, 0.29) is 6.61 Å². The number of aliphatic hydroxyl groups excluding tert-OH is 1. The average molecular weight is 326 g/mol. The van der Waals surface area contributed by atoms with Crippen molar-refractivity contribution >= 4 is 11.0 Å². The van der Waals surface area contributed by atoms with Gasteiger partial charge in [0, 0.05) is 13.0 Å². The number of aliphatic hydroxyl groups is 1. The second kappa shape index (κ2) is 7.84. The summed E-state index contributed by atoms with van der Waals surface area (Å²) < 4.78 is 13.0. The van der Waals surface area contributed by atoms with Gasteiger partial charge < -0.3 is 19.1 Å². The van der Waals surface area contributed by atoms with Crippen molar-refractivity contribution in [3.63, 3.8) is 0 Å². The molecule has 0 amide bonds. The molecule has 0 fully saturated rings. The van der Waals surface area contributed by atoms with E-state index in [9.17, 15) is 5.11 Å². The van der Waals surface area contributed by atoms with Crippen LogP contribution in [-0.4, -0.2) is 35.0 Å². The molecule has 0 saturated heterocycles. The minimum atomic E-state index is 0.107. The summed E-state index contributed by atoms with van der Waals surface area (Å²) in [5.74, 6) is 2.64. The molecule has 2 aromatic carbocycles. The molecule has 3 aromatic rings. The monoisotopic (exact) mass is 326 g/mol. The molecule has 0 unspecified atom stereocenters. The number of nitrogens with zero attached hydrogens (tertiary/aromatic N) is 2. The van der Waals surface area contributed by atoms with Crippen LogP contribution in [0.5, 0.6) is 11.5 Å². The highest BCUT2D eigenvalue weighted by Crippen LogP contribution is 2.19. The zero-order chi connectivity index (χ0) is 16.8. The van der Waals surface area contributed by atoms with E-state index < -0.39 is 0 Å². The van der Waals surface area contributed by atoms with Crippen LogP contribution in [0.15, 0.2) is 48.5 Å². The number of fused-ring (bicyclic) bond motifs is 1. The van der Waals surface area contributed by atoms with E-state index in [1.165, 1.54) is 0 Å². The normalized spacial score (nSPS) is 10.9. The second-order valence-electron chi connectivity index (χ2n) is 5.52. The first-order valence-corrected chi connectivity index (χ1v) is 8.13. The highest BCUT2D eigenvalue weighted by Gasteiger charge is 2.09. The number of ether oxygens (including phenoxy) is 2. The van der Waals surface area contributed by atoms with Crippen molar-refractivity contribution in [1.82, 2.24) is 9.55 Å². The van der Waals surface area contributed by atoms with E-state index in [4.69, 9.17) is 9.47 Å². The van der Waals surface area contributed by atoms with E-state index in [0.29, 0.717) is 13.2 Å². The lowest BCUT2D eigenvalue weighted by Crippen LogP contribution is -2.08. The Morgan fingerprint density at radius 2 is 1.79 bits per heavy atom.